The molecule has 1 fully saturated rings. The number of aromatic nitrogens is 4. The van der Waals surface area contributed by atoms with Crippen molar-refractivity contribution in [2.45, 2.75) is 86.4 Å². The number of fused-ring (bicyclic) bond motifs is 2. The fraction of sp³-hybridized carbons (Fsp3) is 0.386. The molecule has 0 aliphatic carbocycles. The van der Waals surface area contributed by atoms with E-state index in [0.29, 0.717) is 11.9 Å². The monoisotopic (exact) mass is 784 g/mol. The first-order valence-corrected chi connectivity index (χ1v) is 20.1. The molecule has 302 valence electrons. The summed E-state index contributed by atoms with van der Waals surface area (Å²) < 4.78 is 1.93. The van der Waals surface area contributed by atoms with Crippen LogP contribution in [-0.2, 0) is 22.6 Å². The van der Waals surface area contributed by atoms with Crippen LogP contribution >= 0.6 is 0 Å². The van der Waals surface area contributed by atoms with Crippen molar-refractivity contribution in [3.8, 4) is 0 Å². The average Bonchev–Trinajstić information content (AvgIpc) is 3.68. The van der Waals surface area contributed by atoms with Gasteiger partial charge in [-0.25, -0.2) is 9.67 Å². The fourth-order valence-corrected chi connectivity index (χ4v) is 7.91. The molecule has 7 rings (SSSR count). The third kappa shape index (κ3) is 8.15. The summed E-state index contributed by atoms with van der Waals surface area (Å²) in [7, 11) is 0. The molecule has 1 unspecified atom stereocenters. The van der Waals surface area contributed by atoms with Crippen LogP contribution in [0.15, 0.2) is 60.8 Å². The maximum atomic E-state index is 13.3. The average molecular weight is 785 g/mol. The van der Waals surface area contributed by atoms with Crippen molar-refractivity contribution in [1.82, 2.24) is 35.3 Å². The minimum absolute atomic E-state index is 0.0994. The number of benzene rings is 3. The number of para-hydroxylation sites is 1. The molecule has 4 amide bonds. The lowest BCUT2D eigenvalue weighted by atomic mass is 9.95. The van der Waals surface area contributed by atoms with Crippen molar-refractivity contribution >= 4 is 63.5 Å². The predicted molar refractivity (Wildman–Crippen MR) is 226 cm³/mol. The Labute approximate surface area is 338 Å². The van der Waals surface area contributed by atoms with Crippen molar-refractivity contribution in [1.29, 1.82) is 0 Å². The number of anilines is 5. The van der Waals surface area contributed by atoms with Crippen LogP contribution < -0.4 is 26.2 Å². The van der Waals surface area contributed by atoms with Crippen LogP contribution in [0.4, 0.5) is 28.8 Å². The Morgan fingerprint density at radius 3 is 2.31 bits per heavy atom. The molecule has 0 bridgehead atoms. The van der Waals surface area contributed by atoms with Crippen LogP contribution in [0.25, 0.3) is 11.0 Å². The van der Waals surface area contributed by atoms with Crippen molar-refractivity contribution < 1.29 is 19.2 Å². The van der Waals surface area contributed by atoms with E-state index in [1.807, 2.05) is 16.9 Å². The van der Waals surface area contributed by atoms with Gasteiger partial charge in [-0.15, -0.1) is 0 Å². The summed E-state index contributed by atoms with van der Waals surface area (Å²) in [6.07, 6.45) is 4.70. The number of hydrogen-bond acceptors (Lipinski definition) is 11. The smallest absolute Gasteiger partial charge is 0.262 e. The highest BCUT2D eigenvalue weighted by molar-refractivity contribution is 6.23. The molecule has 58 heavy (non-hydrogen) atoms. The van der Waals surface area contributed by atoms with Crippen molar-refractivity contribution in [3.63, 3.8) is 0 Å². The molecule has 4 N–H and O–H groups in total. The molecular weight excluding hydrogens is 733 g/mol. The second-order valence-corrected chi connectivity index (χ2v) is 15.7. The lowest BCUT2D eigenvalue weighted by molar-refractivity contribution is -0.131. The van der Waals surface area contributed by atoms with Gasteiger partial charge in [0, 0.05) is 55.9 Å². The largest absolute Gasteiger partial charge is 0.371 e. The predicted octanol–water partition coefficient (Wildman–Crippen LogP) is 6.73. The first-order chi connectivity index (χ1) is 27.8. The number of hydrogen-bond donors (Lipinski definition) is 4. The Bertz CT molecular complexity index is 2380. The van der Waals surface area contributed by atoms with E-state index in [-0.39, 0.29) is 17.2 Å². The van der Waals surface area contributed by atoms with Gasteiger partial charge in [0.25, 0.3) is 11.8 Å². The second-order valence-electron chi connectivity index (χ2n) is 15.7. The van der Waals surface area contributed by atoms with Gasteiger partial charge in [0.05, 0.1) is 16.5 Å². The normalized spacial score (nSPS) is 15.0. The minimum Gasteiger partial charge on any atom is -0.371 e. The Kier molecular flexibility index (Phi) is 11.6. The molecule has 1 saturated heterocycles. The van der Waals surface area contributed by atoms with Crippen LogP contribution in [0.5, 0.6) is 0 Å². The number of carbonyl (C=O) groups is 4. The zero-order valence-electron chi connectivity index (χ0n) is 34.3. The summed E-state index contributed by atoms with van der Waals surface area (Å²) >= 11 is 0. The van der Waals surface area contributed by atoms with Gasteiger partial charge in [0.2, 0.25) is 17.8 Å². The first kappa shape index (κ1) is 40.1. The Morgan fingerprint density at radius 2 is 1.62 bits per heavy atom. The topological polar surface area (TPSA) is 166 Å². The van der Waals surface area contributed by atoms with Gasteiger partial charge < -0.3 is 20.9 Å². The maximum absolute atomic E-state index is 13.3. The van der Waals surface area contributed by atoms with E-state index in [2.05, 4.69) is 97.2 Å². The Morgan fingerprint density at radius 1 is 0.897 bits per heavy atom. The molecule has 2 aliphatic heterocycles. The van der Waals surface area contributed by atoms with Gasteiger partial charge in [0.15, 0.2) is 11.5 Å². The highest BCUT2D eigenvalue weighted by Crippen LogP contribution is 2.33. The summed E-state index contributed by atoms with van der Waals surface area (Å²) in [6, 6.07) is 16.9. The van der Waals surface area contributed by atoms with Crippen LogP contribution in [0.2, 0.25) is 0 Å². The zero-order valence-corrected chi connectivity index (χ0v) is 34.3. The molecule has 4 heterocycles. The van der Waals surface area contributed by atoms with E-state index in [9.17, 15) is 19.2 Å². The third-order valence-electron chi connectivity index (χ3n) is 11.2. The molecule has 14 heteroatoms. The van der Waals surface area contributed by atoms with E-state index in [0.717, 1.165) is 95.4 Å². The zero-order chi connectivity index (χ0) is 41.2. The van der Waals surface area contributed by atoms with E-state index < -0.39 is 29.7 Å². The van der Waals surface area contributed by atoms with Gasteiger partial charge in [-0.05, 0) is 119 Å². The lowest BCUT2D eigenvalue weighted by Gasteiger charge is -2.34. The molecule has 2 aliphatic rings. The summed E-state index contributed by atoms with van der Waals surface area (Å²) in [5.41, 5.74) is 8.92. The molecule has 0 radical (unpaired) electrons. The summed E-state index contributed by atoms with van der Waals surface area (Å²) in [6.45, 7) is 16.4. The number of nitrogens with one attached hydrogen (secondary N) is 4. The van der Waals surface area contributed by atoms with Crippen LogP contribution in [0.1, 0.15) is 96.5 Å². The number of rotatable bonds is 13. The van der Waals surface area contributed by atoms with Crippen LogP contribution in [0.3, 0.4) is 0 Å². The van der Waals surface area contributed by atoms with Gasteiger partial charge >= 0.3 is 0 Å². The number of imide groups is 2. The van der Waals surface area contributed by atoms with Gasteiger partial charge in [-0.2, -0.15) is 10.1 Å². The number of piperidine rings is 1. The number of aryl methyl sites for hydroxylation is 3. The first-order valence-electron chi connectivity index (χ1n) is 20.1. The standard InChI is InChI=1S/C44H52N10O4/c1-8-31-12-13-33(48-44-46-24-37-39(51-54(25(2)3)40(37)50-44)49-38-26(4)10-9-11-27(38)5)20-32(31)23-45-22-30-16-18-52(19-17-30)34-14-15-35-36(21-34)43(58)53(42(35)57)28(6)41(56)47-29(7)55/h9-15,20-21,24-25,28,30,45H,8,16-19,22-23H2,1-7H3,(H,49,51)(H,46,48,50)(H,47,55,56). The summed E-state index contributed by atoms with van der Waals surface area (Å²) in [4.78, 5) is 62.9. The fourth-order valence-electron chi connectivity index (χ4n) is 7.91. The number of nitrogens with zero attached hydrogens (tertiary/aromatic N) is 6. The molecule has 14 nitrogen and oxygen atoms in total. The Hall–Kier alpha value is -6.15. The SMILES string of the molecule is CCc1ccc(Nc2ncc3c(Nc4c(C)cccc4C)nn(C(C)C)c3n2)cc1CNCC1CCN(c2ccc3c(c2)C(=O)N(C(C)C(=O)NC(C)=O)C3=O)CC1. The van der Waals surface area contributed by atoms with Gasteiger partial charge in [-0.1, -0.05) is 31.2 Å². The third-order valence-corrected chi connectivity index (χ3v) is 11.2. The highest BCUT2D eigenvalue weighted by atomic mass is 16.2. The molecule has 1 atom stereocenters. The molecule has 5 aromatic rings. The van der Waals surface area contributed by atoms with Gasteiger partial charge in [-0.3, -0.25) is 29.4 Å². The molecule has 0 spiro atoms. The molecule has 2 aromatic heterocycles. The molecule has 3 aromatic carbocycles. The molecule has 0 saturated carbocycles. The van der Waals surface area contributed by atoms with E-state index in [4.69, 9.17) is 15.1 Å². The van der Waals surface area contributed by atoms with Crippen LogP contribution in [-0.4, -0.2) is 74.0 Å². The quantitative estimate of drug-likeness (QED) is 0.0936. The van der Waals surface area contributed by atoms with Crippen molar-refractivity contribution in [3.05, 3.63) is 94.2 Å². The van der Waals surface area contributed by atoms with Crippen molar-refractivity contribution in [2.24, 2.45) is 5.92 Å². The number of carbonyl (C=O) groups excluding carboxylic acids is 4. The van der Waals surface area contributed by atoms with E-state index >= 15 is 0 Å². The number of amides is 4. The highest BCUT2D eigenvalue weighted by Gasteiger charge is 2.41. The molecular formula is C44H52N10O4. The maximum Gasteiger partial charge on any atom is 0.262 e. The van der Waals surface area contributed by atoms with E-state index in [1.54, 1.807) is 12.1 Å². The lowest BCUT2D eigenvalue weighted by Crippen LogP contribution is -2.48. The summed E-state index contributed by atoms with van der Waals surface area (Å²) in [5, 5.41) is 18.6. The van der Waals surface area contributed by atoms with Crippen LogP contribution in [0, 0.1) is 19.8 Å². The minimum atomic E-state index is -1.11. The Balaban J connectivity index is 0.959. The van der Waals surface area contributed by atoms with Crippen molar-refractivity contribution in [2.75, 3.05) is 35.2 Å². The summed E-state index contributed by atoms with van der Waals surface area (Å²) in [5.74, 6) is -0.576. The van der Waals surface area contributed by atoms with E-state index in [1.165, 1.54) is 25.0 Å². The second kappa shape index (κ2) is 16.8. The van der Waals surface area contributed by atoms with Gasteiger partial charge in [0.1, 0.15) is 6.04 Å².